The number of benzene rings is 2. The summed E-state index contributed by atoms with van der Waals surface area (Å²) in [6.45, 7) is 5.02. The van der Waals surface area contributed by atoms with Crippen molar-refractivity contribution in [2.24, 2.45) is 5.92 Å². The molecule has 36 heavy (non-hydrogen) atoms. The molecule has 0 spiro atoms. The first kappa shape index (κ1) is 25.6. The highest BCUT2D eigenvalue weighted by Crippen LogP contribution is 2.19. The van der Waals surface area contributed by atoms with Gasteiger partial charge < -0.3 is 15.1 Å². The number of hydrogen-bond acceptors (Lipinski definition) is 5. The standard InChI is InChI=1S/C28H32FN3O4/c1-18(2)14-23(31-28(35)26-15-19-8-4-6-12-25(19)36-26)27(34)30-22-11-7-13-32(17-24(22)33)16-20-9-3-5-10-21(20)29/h3-6,8-10,12,15,18,22-23H,7,11,13-14,16-17H2,1-2H3,(H,30,34)(H,31,35)/t22-,23?/m0/s1. The van der Waals surface area contributed by atoms with Crippen molar-refractivity contribution in [3.05, 3.63) is 71.7 Å². The minimum absolute atomic E-state index is 0.121. The zero-order valence-electron chi connectivity index (χ0n) is 20.6. The first-order chi connectivity index (χ1) is 17.3. The van der Waals surface area contributed by atoms with Crippen LogP contribution in [0.2, 0.25) is 0 Å². The Bertz CT molecular complexity index is 1210. The van der Waals surface area contributed by atoms with E-state index in [0.717, 1.165) is 5.39 Å². The van der Waals surface area contributed by atoms with Crippen molar-refractivity contribution in [3.63, 3.8) is 0 Å². The van der Waals surface area contributed by atoms with E-state index in [9.17, 15) is 18.8 Å². The highest BCUT2D eigenvalue weighted by molar-refractivity contribution is 5.99. The molecular weight excluding hydrogens is 461 g/mol. The van der Waals surface area contributed by atoms with E-state index in [4.69, 9.17) is 4.42 Å². The molecule has 0 radical (unpaired) electrons. The summed E-state index contributed by atoms with van der Waals surface area (Å²) in [5, 5.41) is 6.45. The van der Waals surface area contributed by atoms with Gasteiger partial charge in [-0.2, -0.15) is 0 Å². The van der Waals surface area contributed by atoms with Crippen LogP contribution >= 0.6 is 0 Å². The summed E-state index contributed by atoms with van der Waals surface area (Å²) in [7, 11) is 0. The lowest BCUT2D eigenvalue weighted by atomic mass is 10.0. The number of amides is 2. The van der Waals surface area contributed by atoms with Gasteiger partial charge in [-0.15, -0.1) is 0 Å². The maximum absolute atomic E-state index is 14.1. The second-order valence-electron chi connectivity index (χ2n) is 9.78. The van der Waals surface area contributed by atoms with E-state index >= 15 is 0 Å². The highest BCUT2D eigenvalue weighted by atomic mass is 19.1. The van der Waals surface area contributed by atoms with E-state index < -0.39 is 23.9 Å². The Hall–Kier alpha value is -3.52. The van der Waals surface area contributed by atoms with Crippen LogP contribution in [-0.2, 0) is 16.1 Å². The van der Waals surface area contributed by atoms with Crippen LogP contribution in [-0.4, -0.2) is 47.7 Å². The highest BCUT2D eigenvalue weighted by Gasteiger charge is 2.30. The van der Waals surface area contributed by atoms with Crippen molar-refractivity contribution in [2.45, 2.75) is 51.7 Å². The molecule has 1 saturated heterocycles. The molecule has 2 N–H and O–H groups in total. The number of furan rings is 1. The first-order valence-electron chi connectivity index (χ1n) is 12.4. The van der Waals surface area contributed by atoms with E-state index in [2.05, 4.69) is 10.6 Å². The van der Waals surface area contributed by atoms with Crippen LogP contribution in [0.15, 0.2) is 59.0 Å². The van der Waals surface area contributed by atoms with Crippen molar-refractivity contribution in [1.82, 2.24) is 15.5 Å². The third-order valence-electron chi connectivity index (χ3n) is 6.38. The van der Waals surface area contributed by atoms with Crippen molar-refractivity contribution in [1.29, 1.82) is 0 Å². The van der Waals surface area contributed by atoms with Gasteiger partial charge in [0.25, 0.3) is 5.91 Å². The number of ketones is 1. The number of carbonyl (C=O) groups is 3. The van der Waals surface area contributed by atoms with E-state index in [1.807, 2.05) is 36.9 Å². The van der Waals surface area contributed by atoms with Crippen LogP contribution in [0.25, 0.3) is 11.0 Å². The Labute approximate surface area is 210 Å². The van der Waals surface area contributed by atoms with Gasteiger partial charge in [0.05, 0.1) is 12.6 Å². The van der Waals surface area contributed by atoms with Gasteiger partial charge in [0, 0.05) is 17.5 Å². The van der Waals surface area contributed by atoms with Crippen LogP contribution in [0, 0.1) is 11.7 Å². The molecule has 0 bridgehead atoms. The van der Waals surface area contributed by atoms with Gasteiger partial charge in [-0.1, -0.05) is 50.2 Å². The quantitative estimate of drug-likeness (QED) is 0.494. The van der Waals surface area contributed by atoms with Gasteiger partial charge in [-0.25, -0.2) is 4.39 Å². The van der Waals surface area contributed by atoms with Gasteiger partial charge in [0.1, 0.15) is 17.4 Å². The van der Waals surface area contributed by atoms with E-state index in [1.165, 1.54) is 6.07 Å². The van der Waals surface area contributed by atoms with Gasteiger partial charge in [0.15, 0.2) is 11.5 Å². The zero-order valence-corrected chi connectivity index (χ0v) is 20.6. The summed E-state index contributed by atoms with van der Waals surface area (Å²) in [4.78, 5) is 40.9. The summed E-state index contributed by atoms with van der Waals surface area (Å²) < 4.78 is 19.7. The lowest BCUT2D eigenvalue weighted by Gasteiger charge is -2.23. The molecule has 1 aliphatic heterocycles. The zero-order chi connectivity index (χ0) is 25.7. The number of rotatable bonds is 8. The van der Waals surface area contributed by atoms with E-state index in [0.29, 0.717) is 43.5 Å². The largest absolute Gasteiger partial charge is 0.451 e. The summed E-state index contributed by atoms with van der Waals surface area (Å²) in [6.07, 6.45) is 1.59. The summed E-state index contributed by atoms with van der Waals surface area (Å²) in [5.41, 5.74) is 1.13. The molecule has 1 unspecified atom stereocenters. The molecule has 3 aromatic rings. The SMILES string of the molecule is CC(C)CC(NC(=O)c1cc2ccccc2o1)C(=O)N[C@H]1CCCN(Cc2ccccc2F)CC1=O. The van der Waals surface area contributed by atoms with Crippen molar-refractivity contribution in [2.75, 3.05) is 13.1 Å². The van der Waals surface area contributed by atoms with Crippen molar-refractivity contribution in [3.8, 4) is 0 Å². The third-order valence-corrected chi connectivity index (χ3v) is 6.38. The van der Waals surface area contributed by atoms with Crippen LogP contribution in [0.4, 0.5) is 4.39 Å². The number of nitrogens with zero attached hydrogens (tertiary/aromatic N) is 1. The molecular formula is C28H32FN3O4. The fourth-order valence-electron chi connectivity index (χ4n) is 4.54. The number of halogens is 1. The number of fused-ring (bicyclic) bond motifs is 1. The van der Waals surface area contributed by atoms with Crippen molar-refractivity contribution >= 4 is 28.6 Å². The van der Waals surface area contributed by atoms with Gasteiger partial charge in [-0.3, -0.25) is 19.3 Å². The summed E-state index contributed by atoms with van der Waals surface area (Å²) in [6, 6.07) is 14.0. The average molecular weight is 494 g/mol. The smallest absolute Gasteiger partial charge is 0.287 e. The lowest BCUT2D eigenvalue weighted by Crippen LogP contribution is -2.52. The lowest BCUT2D eigenvalue weighted by molar-refractivity contribution is -0.129. The monoisotopic (exact) mass is 493 g/mol. The van der Waals surface area contributed by atoms with Crippen LogP contribution < -0.4 is 10.6 Å². The molecule has 2 heterocycles. The number of para-hydroxylation sites is 1. The molecule has 1 aromatic heterocycles. The second-order valence-corrected chi connectivity index (χ2v) is 9.78. The molecule has 4 rings (SSSR count). The molecule has 0 saturated carbocycles. The Morgan fingerprint density at radius 2 is 1.89 bits per heavy atom. The summed E-state index contributed by atoms with van der Waals surface area (Å²) >= 11 is 0. The molecule has 1 aliphatic rings. The maximum Gasteiger partial charge on any atom is 0.287 e. The molecule has 1 fully saturated rings. The number of hydrogen-bond donors (Lipinski definition) is 2. The number of carbonyl (C=O) groups excluding carboxylic acids is 3. The molecule has 8 heteroatoms. The minimum atomic E-state index is -0.809. The first-order valence-corrected chi connectivity index (χ1v) is 12.4. The molecule has 2 amide bonds. The van der Waals surface area contributed by atoms with E-state index in [1.54, 1.807) is 30.3 Å². The van der Waals surface area contributed by atoms with E-state index in [-0.39, 0.29) is 29.8 Å². The number of likely N-dealkylation sites (tertiary alicyclic amines) is 1. The Kier molecular flexibility index (Phi) is 8.15. The predicted octanol–water partition coefficient (Wildman–Crippen LogP) is 4.07. The van der Waals surface area contributed by atoms with Crippen molar-refractivity contribution < 1.29 is 23.2 Å². The predicted molar refractivity (Wildman–Crippen MR) is 135 cm³/mol. The Morgan fingerprint density at radius 3 is 2.64 bits per heavy atom. The van der Waals surface area contributed by atoms with Crippen LogP contribution in [0.3, 0.4) is 0 Å². The Morgan fingerprint density at radius 1 is 1.14 bits per heavy atom. The fourth-order valence-corrected chi connectivity index (χ4v) is 4.54. The topological polar surface area (TPSA) is 91.7 Å². The Balaban J connectivity index is 1.39. The van der Waals surface area contributed by atoms with Crippen LogP contribution in [0.1, 0.15) is 49.2 Å². The number of Topliss-reactive ketones (excluding diaryl/α,β-unsaturated/α-hetero) is 1. The second kappa shape index (κ2) is 11.5. The van der Waals surface area contributed by atoms with Gasteiger partial charge in [0.2, 0.25) is 5.91 Å². The van der Waals surface area contributed by atoms with Gasteiger partial charge in [-0.05, 0) is 49.9 Å². The van der Waals surface area contributed by atoms with Gasteiger partial charge >= 0.3 is 0 Å². The fraction of sp³-hybridized carbons (Fsp3) is 0.393. The molecule has 7 nitrogen and oxygen atoms in total. The summed E-state index contributed by atoms with van der Waals surface area (Å²) in [5.74, 6) is -1.02. The molecule has 0 aliphatic carbocycles. The molecule has 2 atom stereocenters. The number of nitrogens with one attached hydrogen (secondary N) is 2. The maximum atomic E-state index is 14.1. The minimum Gasteiger partial charge on any atom is -0.451 e. The average Bonchev–Trinajstić information content (AvgIpc) is 3.20. The normalized spacial score (nSPS) is 17.7. The molecule has 2 aromatic carbocycles. The third kappa shape index (κ3) is 6.37. The molecule has 190 valence electrons. The van der Waals surface area contributed by atoms with Crippen LogP contribution in [0.5, 0.6) is 0 Å².